The molecular weight excluding hydrogens is 346 g/mol. The van der Waals surface area contributed by atoms with Crippen LogP contribution < -0.4 is 10.6 Å². The van der Waals surface area contributed by atoms with Gasteiger partial charge in [-0.15, -0.1) is 12.4 Å². The van der Waals surface area contributed by atoms with Crippen molar-refractivity contribution in [2.45, 2.75) is 38.3 Å². The van der Waals surface area contributed by atoms with Crippen LogP contribution in [0.1, 0.15) is 31.7 Å². The first-order valence-corrected chi connectivity index (χ1v) is 8.24. The molecule has 1 aromatic rings. The maximum Gasteiger partial charge on any atom is 0.252 e. The largest absolute Gasteiger partial charge is 0.343 e. The number of rotatable bonds is 4. The number of nitrogens with one attached hydrogen (secondary N) is 2. The Morgan fingerprint density at radius 1 is 1.36 bits per heavy atom. The molecule has 25 heavy (non-hydrogen) atoms. The van der Waals surface area contributed by atoms with Gasteiger partial charge in [-0.2, -0.15) is 5.10 Å². The lowest BCUT2D eigenvalue weighted by atomic mass is 9.90. The van der Waals surface area contributed by atoms with E-state index in [9.17, 15) is 14.4 Å². The van der Waals surface area contributed by atoms with Crippen LogP contribution in [-0.4, -0.2) is 57.6 Å². The summed E-state index contributed by atoms with van der Waals surface area (Å²) < 4.78 is 1.71. The molecule has 1 unspecified atom stereocenters. The van der Waals surface area contributed by atoms with Gasteiger partial charge in [-0.3, -0.25) is 24.0 Å². The van der Waals surface area contributed by atoms with Crippen molar-refractivity contribution in [3.63, 3.8) is 0 Å². The molecule has 3 heterocycles. The molecule has 2 saturated heterocycles. The molecule has 3 atom stereocenters. The van der Waals surface area contributed by atoms with Crippen molar-refractivity contribution in [1.29, 1.82) is 0 Å². The van der Waals surface area contributed by atoms with Crippen molar-refractivity contribution >= 4 is 30.1 Å². The lowest BCUT2D eigenvalue weighted by Gasteiger charge is -2.21. The maximum absolute atomic E-state index is 12.7. The fraction of sp³-hybridized carbons (Fsp3) is 0.625. The Balaban J connectivity index is 0.00000225. The zero-order valence-electron chi connectivity index (χ0n) is 14.6. The van der Waals surface area contributed by atoms with Gasteiger partial charge in [-0.1, -0.05) is 0 Å². The van der Waals surface area contributed by atoms with Crippen LogP contribution in [0.2, 0.25) is 0 Å². The van der Waals surface area contributed by atoms with E-state index in [1.807, 2.05) is 13.2 Å². The SMILES string of the molecule is CC(C)N1C(=O)CC(NC(=O)[C@H]2CNC[C@@H]2c2cnn(C)c2)C1=O.Cl. The van der Waals surface area contributed by atoms with E-state index in [4.69, 9.17) is 0 Å². The van der Waals surface area contributed by atoms with Crippen LogP contribution in [0.5, 0.6) is 0 Å². The quantitative estimate of drug-likeness (QED) is 0.716. The number of halogens is 1. The summed E-state index contributed by atoms with van der Waals surface area (Å²) in [5, 5.41) is 10.2. The van der Waals surface area contributed by atoms with Crippen LogP contribution in [0, 0.1) is 5.92 Å². The molecule has 0 bridgehead atoms. The first-order chi connectivity index (χ1) is 11.4. The molecule has 3 amide bonds. The molecule has 8 nitrogen and oxygen atoms in total. The van der Waals surface area contributed by atoms with E-state index < -0.39 is 6.04 Å². The van der Waals surface area contributed by atoms with Crippen LogP contribution in [0.15, 0.2) is 12.4 Å². The highest BCUT2D eigenvalue weighted by molar-refractivity contribution is 6.07. The molecule has 0 radical (unpaired) electrons. The van der Waals surface area contributed by atoms with Gasteiger partial charge in [0.2, 0.25) is 11.8 Å². The number of hydrogen-bond acceptors (Lipinski definition) is 5. The molecule has 0 aliphatic carbocycles. The standard InChI is InChI=1S/C16H23N5O3.ClH/c1-9(2)21-14(22)4-13(16(21)24)19-15(23)12-7-17-6-11(12)10-5-18-20(3)8-10;/h5,8-9,11-13,17H,4,6-7H2,1-3H3,(H,19,23);1H/t11-,12+,13?;/m1./s1. The summed E-state index contributed by atoms with van der Waals surface area (Å²) in [5.41, 5.74) is 1.00. The number of nitrogens with zero attached hydrogens (tertiary/aromatic N) is 3. The second kappa shape index (κ2) is 7.53. The Bertz CT molecular complexity index is 674. The summed E-state index contributed by atoms with van der Waals surface area (Å²) in [5.74, 6) is -0.983. The van der Waals surface area contributed by atoms with Crippen LogP contribution in [0.4, 0.5) is 0 Å². The molecular formula is C16H24ClN5O3. The van der Waals surface area contributed by atoms with Crippen molar-refractivity contribution in [2.75, 3.05) is 13.1 Å². The molecule has 1 aromatic heterocycles. The number of imide groups is 1. The lowest BCUT2D eigenvalue weighted by Crippen LogP contribution is -2.46. The molecule has 3 rings (SSSR count). The third kappa shape index (κ3) is 3.69. The summed E-state index contributed by atoms with van der Waals surface area (Å²) >= 11 is 0. The van der Waals surface area contributed by atoms with Crippen LogP contribution >= 0.6 is 12.4 Å². The molecule has 0 aromatic carbocycles. The predicted octanol–water partition coefficient (Wildman–Crippen LogP) is -0.203. The highest BCUT2D eigenvalue weighted by atomic mass is 35.5. The number of carbonyl (C=O) groups excluding carboxylic acids is 3. The monoisotopic (exact) mass is 369 g/mol. The van der Waals surface area contributed by atoms with Crippen molar-refractivity contribution in [1.82, 2.24) is 25.3 Å². The summed E-state index contributed by atoms with van der Waals surface area (Å²) in [6.07, 6.45) is 3.71. The van der Waals surface area contributed by atoms with E-state index in [0.29, 0.717) is 13.1 Å². The Hall–Kier alpha value is -1.93. The van der Waals surface area contributed by atoms with E-state index in [0.717, 1.165) is 5.56 Å². The van der Waals surface area contributed by atoms with Crippen LogP contribution in [0.25, 0.3) is 0 Å². The lowest BCUT2D eigenvalue weighted by molar-refractivity contribution is -0.141. The second-order valence-electron chi connectivity index (χ2n) is 6.78. The van der Waals surface area contributed by atoms with Gasteiger partial charge >= 0.3 is 0 Å². The van der Waals surface area contributed by atoms with E-state index >= 15 is 0 Å². The smallest absolute Gasteiger partial charge is 0.252 e. The third-order valence-electron chi connectivity index (χ3n) is 4.72. The highest BCUT2D eigenvalue weighted by Crippen LogP contribution is 2.28. The Labute approximate surface area is 152 Å². The first kappa shape index (κ1) is 19.4. The van der Waals surface area contributed by atoms with Gasteiger partial charge in [0.15, 0.2) is 0 Å². The van der Waals surface area contributed by atoms with Gasteiger partial charge in [0.05, 0.1) is 18.5 Å². The number of amides is 3. The fourth-order valence-electron chi connectivity index (χ4n) is 3.52. The number of likely N-dealkylation sites (tertiary alicyclic amines) is 1. The fourth-order valence-corrected chi connectivity index (χ4v) is 3.52. The summed E-state index contributed by atoms with van der Waals surface area (Å²) in [6.45, 7) is 4.83. The summed E-state index contributed by atoms with van der Waals surface area (Å²) in [6, 6.07) is -0.939. The predicted molar refractivity (Wildman–Crippen MR) is 93.1 cm³/mol. The van der Waals surface area contributed by atoms with Crippen molar-refractivity contribution in [3.8, 4) is 0 Å². The molecule has 2 aliphatic heterocycles. The van der Waals surface area contributed by atoms with Gasteiger partial charge in [0.25, 0.3) is 5.91 Å². The summed E-state index contributed by atoms with van der Waals surface area (Å²) in [4.78, 5) is 38.2. The van der Waals surface area contributed by atoms with Crippen LogP contribution in [0.3, 0.4) is 0 Å². The maximum atomic E-state index is 12.7. The number of aryl methyl sites for hydroxylation is 1. The van der Waals surface area contributed by atoms with Crippen molar-refractivity contribution in [2.24, 2.45) is 13.0 Å². The second-order valence-corrected chi connectivity index (χ2v) is 6.78. The molecule has 9 heteroatoms. The topological polar surface area (TPSA) is 96.3 Å². The molecule has 138 valence electrons. The average Bonchev–Trinajstić information content (AvgIpc) is 3.19. The Morgan fingerprint density at radius 2 is 2.08 bits per heavy atom. The normalized spacial score (nSPS) is 26.2. The van der Waals surface area contributed by atoms with Gasteiger partial charge in [-0.05, 0) is 19.4 Å². The zero-order chi connectivity index (χ0) is 17.4. The van der Waals surface area contributed by atoms with Gasteiger partial charge in [0.1, 0.15) is 6.04 Å². The molecule has 2 aliphatic rings. The van der Waals surface area contributed by atoms with Gasteiger partial charge in [0, 0.05) is 38.3 Å². The molecule has 2 fully saturated rings. The highest BCUT2D eigenvalue weighted by Gasteiger charge is 2.43. The minimum atomic E-state index is -0.748. The number of hydrogen-bond donors (Lipinski definition) is 2. The molecule has 0 spiro atoms. The minimum absolute atomic E-state index is 0. The van der Waals surface area contributed by atoms with Crippen LogP contribution in [-0.2, 0) is 21.4 Å². The Kier molecular flexibility index (Phi) is 5.84. The summed E-state index contributed by atoms with van der Waals surface area (Å²) in [7, 11) is 1.84. The van der Waals surface area contributed by atoms with Gasteiger partial charge in [-0.25, -0.2) is 0 Å². The molecule has 2 N–H and O–H groups in total. The van der Waals surface area contributed by atoms with E-state index in [-0.39, 0.29) is 54.4 Å². The average molecular weight is 370 g/mol. The van der Waals surface area contributed by atoms with Gasteiger partial charge < -0.3 is 10.6 Å². The van der Waals surface area contributed by atoms with E-state index in [1.54, 1.807) is 24.7 Å². The van der Waals surface area contributed by atoms with E-state index in [2.05, 4.69) is 15.7 Å². The minimum Gasteiger partial charge on any atom is -0.343 e. The van der Waals surface area contributed by atoms with E-state index in [1.165, 1.54) is 4.90 Å². The third-order valence-corrected chi connectivity index (χ3v) is 4.72. The first-order valence-electron chi connectivity index (χ1n) is 8.24. The Morgan fingerprint density at radius 3 is 2.64 bits per heavy atom. The molecule has 0 saturated carbocycles. The zero-order valence-corrected chi connectivity index (χ0v) is 15.4. The number of carbonyl (C=O) groups is 3. The van der Waals surface area contributed by atoms with Crippen molar-refractivity contribution in [3.05, 3.63) is 18.0 Å². The number of aromatic nitrogens is 2. The van der Waals surface area contributed by atoms with Crippen molar-refractivity contribution < 1.29 is 14.4 Å².